The summed E-state index contributed by atoms with van der Waals surface area (Å²) in [4.78, 5) is 48.1. The molecule has 3 aromatic carbocycles. The zero-order valence-electron chi connectivity index (χ0n) is 20.2. The number of imide groups is 1. The van der Waals surface area contributed by atoms with Crippen LogP contribution in [0.2, 0.25) is 0 Å². The van der Waals surface area contributed by atoms with Crippen molar-refractivity contribution in [2.24, 2.45) is 17.8 Å². The van der Waals surface area contributed by atoms with Crippen LogP contribution in [-0.2, 0) is 15.1 Å². The van der Waals surface area contributed by atoms with Crippen LogP contribution in [0, 0.1) is 23.6 Å². The minimum atomic E-state index is -1.18. The number of rotatable bonds is 2. The molecule has 3 aliphatic heterocycles. The Morgan fingerprint density at radius 1 is 0.919 bits per heavy atom. The van der Waals surface area contributed by atoms with Crippen LogP contribution in [0.15, 0.2) is 77.6 Å². The molecule has 8 heteroatoms. The molecule has 2 fully saturated rings. The van der Waals surface area contributed by atoms with Crippen LogP contribution < -0.4 is 15.8 Å². The summed E-state index contributed by atoms with van der Waals surface area (Å²) >= 11 is 0. The summed E-state index contributed by atoms with van der Waals surface area (Å²) in [5, 5.41) is 4.14. The Morgan fingerprint density at radius 2 is 1.62 bits per heavy atom. The van der Waals surface area contributed by atoms with Crippen molar-refractivity contribution in [3.8, 4) is 5.69 Å². The topological polar surface area (TPSA) is 84.3 Å². The van der Waals surface area contributed by atoms with Crippen molar-refractivity contribution in [1.29, 1.82) is 0 Å². The molecule has 0 aliphatic carbocycles. The highest BCUT2D eigenvalue weighted by Gasteiger charge is 2.70. The van der Waals surface area contributed by atoms with Gasteiger partial charge in [0, 0.05) is 11.6 Å². The molecule has 1 spiro atoms. The molecular formula is C29H23FN4O3. The zero-order valence-corrected chi connectivity index (χ0v) is 20.2. The minimum Gasteiger partial charge on any atom is -0.296 e. The van der Waals surface area contributed by atoms with Crippen LogP contribution in [0.4, 0.5) is 10.1 Å². The number of nitrogens with zero attached hydrogens (tertiary/aromatic N) is 3. The fourth-order valence-corrected chi connectivity index (χ4v) is 6.57. The molecule has 0 bridgehead atoms. The molecule has 2 saturated heterocycles. The minimum absolute atomic E-state index is 0.00480. The number of halogens is 1. The van der Waals surface area contributed by atoms with Crippen LogP contribution in [0.3, 0.4) is 0 Å². The van der Waals surface area contributed by atoms with Crippen molar-refractivity contribution in [3.63, 3.8) is 0 Å². The normalized spacial score (nSPS) is 25.8. The fourth-order valence-electron chi connectivity index (χ4n) is 6.57. The Bertz CT molecular complexity index is 1700. The molecule has 2 amide bonds. The summed E-state index contributed by atoms with van der Waals surface area (Å²) in [6.45, 7) is 4.02. The lowest BCUT2D eigenvalue weighted by atomic mass is 9.75. The summed E-state index contributed by atoms with van der Waals surface area (Å²) in [7, 11) is 0. The smallest absolute Gasteiger partial charge is 0.266 e. The highest BCUT2D eigenvalue weighted by atomic mass is 19.1. The molecule has 7 rings (SSSR count). The predicted octanol–water partition coefficient (Wildman–Crippen LogP) is 3.52. The van der Waals surface area contributed by atoms with Gasteiger partial charge in [-0.1, -0.05) is 44.2 Å². The Balaban J connectivity index is 1.53. The van der Waals surface area contributed by atoms with E-state index in [1.165, 1.54) is 29.2 Å². The standard InChI is InChI=1S/C29H23FN4O3/c1-15(2)24-22-23(27(37)33(26(22)36)17-13-11-16(30)12-14-17)29(32-24)19-8-4-6-10-21(19)34-25(35)18-7-3-5-9-20(18)31-28(29)34/h3-15,22-24,32H,1-2H3/t22-,23-,24+,29-/m1/s1. The number of fused-ring (bicyclic) bond motifs is 8. The van der Waals surface area contributed by atoms with Gasteiger partial charge in [-0.3, -0.25) is 24.3 Å². The van der Waals surface area contributed by atoms with Gasteiger partial charge in [-0.15, -0.1) is 0 Å². The number of carbonyl (C=O) groups is 2. The van der Waals surface area contributed by atoms with Crippen molar-refractivity contribution in [1.82, 2.24) is 14.9 Å². The number of nitrogens with one attached hydrogen (secondary N) is 1. The van der Waals surface area contributed by atoms with Gasteiger partial charge in [-0.05, 0) is 48.4 Å². The molecule has 0 saturated carbocycles. The maximum atomic E-state index is 14.2. The van der Waals surface area contributed by atoms with Gasteiger partial charge in [-0.2, -0.15) is 0 Å². The van der Waals surface area contributed by atoms with Crippen LogP contribution >= 0.6 is 0 Å². The Labute approximate surface area is 211 Å². The lowest BCUT2D eigenvalue weighted by Crippen LogP contribution is -2.51. The summed E-state index contributed by atoms with van der Waals surface area (Å²) in [6, 6.07) is 19.6. The molecule has 0 radical (unpaired) electrons. The van der Waals surface area contributed by atoms with Crippen molar-refractivity contribution in [2.45, 2.75) is 25.4 Å². The second-order valence-electron chi connectivity index (χ2n) is 10.3. The van der Waals surface area contributed by atoms with Gasteiger partial charge in [0.2, 0.25) is 11.8 Å². The molecule has 7 nitrogen and oxygen atoms in total. The molecule has 1 N–H and O–H groups in total. The second-order valence-corrected chi connectivity index (χ2v) is 10.3. The first-order valence-corrected chi connectivity index (χ1v) is 12.4. The quantitative estimate of drug-likeness (QED) is 0.431. The lowest BCUT2D eigenvalue weighted by Gasteiger charge is -2.32. The van der Waals surface area contributed by atoms with E-state index in [9.17, 15) is 18.8 Å². The third kappa shape index (κ3) is 2.68. The molecule has 4 aromatic rings. The predicted molar refractivity (Wildman–Crippen MR) is 136 cm³/mol. The number of hydrogen-bond donors (Lipinski definition) is 1. The Hall–Kier alpha value is -4.17. The SMILES string of the molecule is CC(C)[C@@H]1N[C@]2(c3ccccc3-n3c2nc2ccccc2c3=O)[C@H]2C(=O)N(c3ccc(F)cc3)C(=O)[C@@H]12. The molecule has 4 atom stereocenters. The van der Waals surface area contributed by atoms with Crippen molar-refractivity contribution >= 4 is 28.4 Å². The Kier molecular flexibility index (Phi) is 4.43. The van der Waals surface area contributed by atoms with Gasteiger partial charge in [0.05, 0.1) is 34.1 Å². The first-order chi connectivity index (χ1) is 17.8. The number of anilines is 1. The summed E-state index contributed by atoms with van der Waals surface area (Å²) in [5.41, 5.74) is 0.861. The molecule has 0 unspecified atom stereocenters. The highest BCUT2D eigenvalue weighted by molar-refractivity contribution is 6.23. The monoisotopic (exact) mass is 494 g/mol. The third-order valence-electron chi connectivity index (χ3n) is 8.10. The molecule has 4 heterocycles. The highest BCUT2D eigenvalue weighted by Crippen LogP contribution is 2.56. The van der Waals surface area contributed by atoms with Crippen molar-refractivity contribution in [3.05, 3.63) is 100 Å². The Morgan fingerprint density at radius 3 is 2.38 bits per heavy atom. The summed E-state index contributed by atoms with van der Waals surface area (Å²) < 4.78 is 15.3. The number of benzene rings is 3. The van der Waals surface area contributed by atoms with Crippen molar-refractivity contribution < 1.29 is 14.0 Å². The average Bonchev–Trinajstić information content (AvgIpc) is 3.49. The molecular weight excluding hydrogens is 471 g/mol. The molecule has 3 aliphatic rings. The van der Waals surface area contributed by atoms with Gasteiger partial charge in [0.25, 0.3) is 5.56 Å². The van der Waals surface area contributed by atoms with E-state index in [0.29, 0.717) is 28.1 Å². The van der Waals surface area contributed by atoms with Gasteiger partial charge in [0.15, 0.2) is 0 Å². The van der Waals surface area contributed by atoms with E-state index in [1.807, 2.05) is 44.2 Å². The number of amides is 2. The van der Waals surface area contributed by atoms with Crippen LogP contribution in [0.1, 0.15) is 25.2 Å². The van der Waals surface area contributed by atoms with Crippen LogP contribution in [0.5, 0.6) is 0 Å². The summed E-state index contributed by atoms with van der Waals surface area (Å²) in [6.07, 6.45) is 0. The van der Waals surface area contributed by atoms with Gasteiger partial charge in [0.1, 0.15) is 17.2 Å². The summed E-state index contributed by atoms with van der Waals surface area (Å²) in [5.74, 6) is -2.26. The lowest BCUT2D eigenvalue weighted by molar-refractivity contribution is -0.123. The number of hydrogen-bond acceptors (Lipinski definition) is 5. The molecule has 184 valence electrons. The van der Waals surface area contributed by atoms with E-state index in [0.717, 1.165) is 5.56 Å². The van der Waals surface area contributed by atoms with Crippen LogP contribution in [0.25, 0.3) is 16.6 Å². The second kappa shape index (κ2) is 7.43. The third-order valence-corrected chi connectivity index (χ3v) is 8.10. The van der Waals surface area contributed by atoms with E-state index < -0.39 is 23.2 Å². The number of carbonyl (C=O) groups excluding carboxylic acids is 2. The van der Waals surface area contributed by atoms with E-state index in [1.54, 1.807) is 22.8 Å². The van der Waals surface area contributed by atoms with E-state index in [4.69, 9.17) is 4.98 Å². The van der Waals surface area contributed by atoms with E-state index >= 15 is 0 Å². The first-order valence-electron chi connectivity index (χ1n) is 12.4. The fraction of sp³-hybridized carbons (Fsp3) is 0.241. The molecule has 1 aromatic heterocycles. The number of aromatic nitrogens is 2. The van der Waals surface area contributed by atoms with E-state index in [-0.39, 0.29) is 29.3 Å². The van der Waals surface area contributed by atoms with Gasteiger partial charge < -0.3 is 0 Å². The maximum Gasteiger partial charge on any atom is 0.266 e. The van der Waals surface area contributed by atoms with E-state index in [2.05, 4.69) is 5.32 Å². The largest absolute Gasteiger partial charge is 0.296 e. The van der Waals surface area contributed by atoms with Crippen molar-refractivity contribution in [2.75, 3.05) is 4.90 Å². The first kappa shape index (κ1) is 22.1. The zero-order chi connectivity index (χ0) is 25.6. The average molecular weight is 495 g/mol. The van der Waals surface area contributed by atoms with Gasteiger partial charge in [-0.25, -0.2) is 14.3 Å². The number of para-hydroxylation sites is 2. The maximum absolute atomic E-state index is 14.2. The van der Waals surface area contributed by atoms with Gasteiger partial charge >= 0.3 is 0 Å². The van der Waals surface area contributed by atoms with Crippen LogP contribution in [-0.4, -0.2) is 27.4 Å². The molecule has 37 heavy (non-hydrogen) atoms.